The van der Waals surface area contributed by atoms with Gasteiger partial charge in [0.1, 0.15) is 0 Å². The first-order chi connectivity index (χ1) is 6.15. The molecule has 0 amide bonds. The van der Waals surface area contributed by atoms with Gasteiger partial charge in [0, 0.05) is 5.92 Å². The molecule has 0 saturated heterocycles. The number of hydrogen-bond donors (Lipinski definition) is 0. The summed E-state index contributed by atoms with van der Waals surface area (Å²) in [5.74, 6) is 0.793. The maximum absolute atomic E-state index is 13.1. The van der Waals surface area contributed by atoms with Gasteiger partial charge in [-0.3, -0.25) is 0 Å². The van der Waals surface area contributed by atoms with Crippen molar-refractivity contribution in [3.8, 4) is 12.3 Å². The third-order valence-electron chi connectivity index (χ3n) is 1.84. The Kier molecular flexibility index (Phi) is 3.02. The summed E-state index contributed by atoms with van der Waals surface area (Å²) in [6.45, 7) is 1.80. The minimum absolute atomic E-state index is 0.0729. The maximum Gasteiger partial charge on any atom is 0.162 e. The molecule has 68 valence electrons. The van der Waals surface area contributed by atoms with E-state index in [0.717, 1.165) is 6.07 Å². The summed E-state index contributed by atoms with van der Waals surface area (Å²) in [7, 11) is 0. The van der Waals surface area contributed by atoms with E-state index in [-0.39, 0.29) is 5.92 Å². The van der Waals surface area contributed by atoms with Gasteiger partial charge in [-0.1, -0.05) is 19.1 Å². The van der Waals surface area contributed by atoms with Gasteiger partial charge < -0.3 is 0 Å². The second-order valence-corrected chi connectivity index (χ2v) is 2.98. The summed E-state index contributed by atoms with van der Waals surface area (Å²) in [5.41, 5.74) is 0.338. The Morgan fingerprint density at radius 3 is 2.77 bits per heavy atom. The molecule has 13 heavy (non-hydrogen) atoms. The second-order valence-electron chi connectivity index (χ2n) is 2.98. The Morgan fingerprint density at radius 1 is 1.46 bits per heavy atom. The van der Waals surface area contributed by atoms with E-state index in [9.17, 15) is 8.78 Å². The number of halogens is 2. The molecule has 0 heterocycles. The highest BCUT2D eigenvalue weighted by Gasteiger charge is 2.09. The maximum atomic E-state index is 13.1. The van der Waals surface area contributed by atoms with Crippen molar-refractivity contribution in [2.24, 2.45) is 5.92 Å². The first-order valence-electron chi connectivity index (χ1n) is 4.04. The van der Waals surface area contributed by atoms with Crippen LogP contribution >= 0.6 is 0 Å². The first kappa shape index (κ1) is 9.73. The molecule has 0 aliphatic carbocycles. The lowest BCUT2D eigenvalue weighted by molar-refractivity contribution is 0.494. The molecule has 0 aromatic heterocycles. The van der Waals surface area contributed by atoms with Crippen LogP contribution < -0.4 is 0 Å². The van der Waals surface area contributed by atoms with Crippen molar-refractivity contribution in [1.82, 2.24) is 0 Å². The van der Waals surface area contributed by atoms with Gasteiger partial charge in [-0.25, -0.2) is 8.78 Å². The van der Waals surface area contributed by atoms with Gasteiger partial charge in [0.05, 0.1) is 0 Å². The fourth-order valence-corrected chi connectivity index (χ4v) is 1.09. The van der Waals surface area contributed by atoms with Crippen molar-refractivity contribution in [1.29, 1.82) is 0 Å². The van der Waals surface area contributed by atoms with Crippen LogP contribution in [0.2, 0.25) is 0 Å². The number of benzene rings is 1. The largest absolute Gasteiger partial charge is 0.204 e. The fraction of sp³-hybridized carbons (Fsp3) is 0.273. The third-order valence-corrected chi connectivity index (χ3v) is 1.84. The Balaban J connectivity index is 2.90. The highest BCUT2D eigenvalue weighted by atomic mass is 19.2. The molecular formula is C11H10F2. The topological polar surface area (TPSA) is 0 Å². The van der Waals surface area contributed by atoms with E-state index >= 15 is 0 Å². The molecule has 1 unspecified atom stereocenters. The van der Waals surface area contributed by atoms with Gasteiger partial charge >= 0.3 is 0 Å². The number of hydrogen-bond acceptors (Lipinski definition) is 0. The standard InChI is InChI=1S/C11H10F2/c1-3-8(2)7-9-5-4-6-10(12)11(9)13/h1,4-6,8H,7H2,2H3. The summed E-state index contributed by atoms with van der Waals surface area (Å²) in [6.07, 6.45) is 5.52. The number of rotatable bonds is 2. The molecule has 0 spiro atoms. The van der Waals surface area contributed by atoms with Crippen LogP contribution in [0.4, 0.5) is 8.78 Å². The molecule has 0 saturated carbocycles. The van der Waals surface area contributed by atoms with Crippen molar-refractivity contribution in [3.63, 3.8) is 0 Å². The molecule has 1 atom stereocenters. The molecule has 1 aromatic rings. The molecule has 0 aliphatic rings. The molecule has 0 bridgehead atoms. The van der Waals surface area contributed by atoms with E-state index in [1.54, 1.807) is 13.0 Å². The van der Waals surface area contributed by atoms with Gasteiger partial charge in [0.25, 0.3) is 0 Å². The highest BCUT2D eigenvalue weighted by molar-refractivity contribution is 5.20. The van der Waals surface area contributed by atoms with E-state index < -0.39 is 11.6 Å². The molecule has 0 aliphatic heterocycles. The van der Waals surface area contributed by atoms with E-state index in [2.05, 4.69) is 5.92 Å². The SMILES string of the molecule is C#CC(C)Cc1cccc(F)c1F. The van der Waals surface area contributed by atoms with Gasteiger partial charge in [-0.15, -0.1) is 12.3 Å². The normalized spacial score (nSPS) is 12.2. The average molecular weight is 180 g/mol. The zero-order valence-corrected chi connectivity index (χ0v) is 7.35. The van der Waals surface area contributed by atoms with Crippen molar-refractivity contribution in [2.45, 2.75) is 13.3 Å². The molecule has 0 fully saturated rings. The van der Waals surface area contributed by atoms with E-state index in [0.29, 0.717) is 12.0 Å². The van der Waals surface area contributed by atoms with E-state index in [1.165, 1.54) is 6.07 Å². The Bertz CT molecular complexity index is 336. The Hall–Kier alpha value is -1.36. The third kappa shape index (κ3) is 2.29. The lowest BCUT2D eigenvalue weighted by Crippen LogP contribution is -2.00. The number of terminal acetylenes is 1. The Labute approximate surface area is 76.6 Å². The van der Waals surface area contributed by atoms with Crippen LogP contribution in [0.15, 0.2) is 18.2 Å². The average Bonchev–Trinajstić information content (AvgIpc) is 2.13. The molecule has 0 nitrogen and oxygen atoms in total. The van der Waals surface area contributed by atoms with Gasteiger partial charge in [0.15, 0.2) is 11.6 Å². The second kappa shape index (κ2) is 4.04. The van der Waals surface area contributed by atoms with Crippen LogP contribution in [0.5, 0.6) is 0 Å². The Morgan fingerprint density at radius 2 is 2.15 bits per heavy atom. The van der Waals surface area contributed by atoms with Crippen molar-refractivity contribution in [2.75, 3.05) is 0 Å². The summed E-state index contributed by atoms with van der Waals surface area (Å²) >= 11 is 0. The van der Waals surface area contributed by atoms with Gasteiger partial charge in [0.2, 0.25) is 0 Å². The lowest BCUT2D eigenvalue weighted by atomic mass is 10.0. The van der Waals surface area contributed by atoms with Crippen LogP contribution in [0, 0.1) is 29.9 Å². The van der Waals surface area contributed by atoms with Crippen LogP contribution in [0.3, 0.4) is 0 Å². The molecule has 1 rings (SSSR count). The molecule has 2 heteroatoms. The zero-order valence-electron chi connectivity index (χ0n) is 7.35. The quantitative estimate of drug-likeness (QED) is 0.614. The molecular weight excluding hydrogens is 170 g/mol. The van der Waals surface area contributed by atoms with Gasteiger partial charge in [-0.05, 0) is 18.1 Å². The molecule has 0 radical (unpaired) electrons. The van der Waals surface area contributed by atoms with Crippen molar-refractivity contribution in [3.05, 3.63) is 35.4 Å². The molecule has 1 aromatic carbocycles. The predicted octanol–water partition coefficient (Wildman–Crippen LogP) is 2.78. The minimum Gasteiger partial charge on any atom is -0.204 e. The van der Waals surface area contributed by atoms with Crippen LogP contribution in [0.1, 0.15) is 12.5 Å². The predicted molar refractivity (Wildman–Crippen MR) is 48.1 cm³/mol. The summed E-state index contributed by atoms with van der Waals surface area (Å²) in [6, 6.07) is 4.13. The molecule has 0 N–H and O–H groups in total. The minimum atomic E-state index is -0.818. The summed E-state index contributed by atoms with van der Waals surface area (Å²) < 4.78 is 25.8. The van der Waals surface area contributed by atoms with Crippen molar-refractivity contribution < 1.29 is 8.78 Å². The van der Waals surface area contributed by atoms with Crippen molar-refractivity contribution >= 4 is 0 Å². The lowest BCUT2D eigenvalue weighted by Gasteiger charge is -2.05. The highest BCUT2D eigenvalue weighted by Crippen LogP contribution is 2.14. The summed E-state index contributed by atoms with van der Waals surface area (Å²) in [4.78, 5) is 0. The smallest absolute Gasteiger partial charge is 0.162 e. The summed E-state index contributed by atoms with van der Waals surface area (Å²) in [5, 5.41) is 0. The van der Waals surface area contributed by atoms with Gasteiger partial charge in [-0.2, -0.15) is 0 Å². The monoisotopic (exact) mass is 180 g/mol. The van der Waals surface area contributed by atoms with Crippen LogP contribution in [0.25, 0.3) is 0 Å². The van der Waals surface area contributed by atoms with E-state index in [4.69, 9.17) is 6.42 Å². The van der Waals surface area contributed by atoms with Crippen LogP contribution in [-0.4, -0.2) is 0 Å². The fourth-order valence-electron chi connectivity index (χ4n) is 1.09. The van der Waals surface area contributed by atoms with Crippen LogP contribution in [-0.2, 0) is 6.42 Å². The first-order valence-corrected chi connectivity index (χ1v) is 4.04. The van der Waals surface area contributed by atoms with E-state index in [1.807, 2.05) is 0 Å². The zero-order chi connectivity index (χ0) is 9.84.